The van der Waals surface area contributed by atoms with Gasteiger partial charge in [0.05, 0.1) is 6.67 Å². The summed E-state index contributed by atoms with van der Waals surface area (Å²) in [4.78, 5) is 22.2. The van der Waals surface area contributed by atoms with Crippen molar-refractivity contribution in [2.45, 2.75) is 51.0 Å². The van der Waals surface area contributed by atoms with E-state index in [0.717, 1.165) is 0 Å². The summed E-state index contributed by atoms with van der Waals surface area (Å²) in [5.41, 5.74) is 9.62. The third-order valence-electron chi connectivity index (χ3n) is 2.80. The van der Waals surface area contributed by atoms with Gasteiger partial charge in [0.15, 0.2) is 5.44 Å². The minimum absolute atomic E-state index is 0.232. The molecule has 1 aliphatic heterocycles. The average Bonchev–Trinajstić information content (AvgIpc) is 2.67. The van der Waals surface area contributed by atoms with Crippen molar-refractivity contribution in [3.63, 3.8) is 0 Å². The molecular formula is C13H22FN3O4S. The molecule has 0 aromatic heterocycles. The van der Waals surface area contributed by atoms with Gasteiger partial charge in [-0.2, -0.15) is 0 Å². The van der Waals surface area contributed by atoms with Crippen LogP contribution in [-0.4, -0.2) is 34.1 Å². The molecule has 7 nitrogen and oxygen atoms in total. The van der Waals surface area contributed by atoms with Crippen LogP contribution in [0.4, 0.5) is 14.0 Å². The van der Waals surface area contributed by atoms with Gasteiger partial charge >= 0.3 is 12.2 Å². The maximum Gasteiger partial charge on any atom is 0.411 e. The standard InChI is InChI=1S/C13H22FN3O4S/c1-13(2,3)17-9(20-11(15)18)8(6-4-5-7-14)10(22-17)21-12(16)19/h10H,4-7H2,1-3H3,(H2,15,18)(H2,16,19). The number of primary amides is 2. The largest absolute Gasteiger partial charge is 0.429 e. The van der Waals surface area contributed by atoms with Crippen LogP contribution in [0.25, 0.3) is 0 Å². The van der Waals surface area contributed by atoms with Crippen molar-refractivity contribution in [2.24, 2.45) is 11.5 Å². The normalized spacial score (nSPS) is 18.5. The van der Waals surface area contributed by atoms with Gasteiger partial charge in [0.2, 0.25) is 5.88 Å². The summed E-state index contributed by atoms with van der Waals surface area (Å²) in [6.07, 6.45) is -0.613. The van der Waals surface area contributed by atoms with Crippen LogP contribution in [0.15, 0.2) is 11.5 Å². The lowest BCUT2D eigenvalue weighted by atomic mass is 10.1. The predicted octanol–water partition coefficient (Wildman–Crippen LogP) is 2.62. The Hall–Kier alpha value is -1.64. The Labute approximate surface area is 133 Å². The van der Waals surface area contributed by atoms with Gasteiger partial charge in [-0.1, -0.05) is 0 Å². The van der Waals surface area contributed by atoms with E-state index < -0.39 is 29.8 Å². The van der Waals surface area contributed by atoms with E-state index in [1.807, 2.05) is 20.8 Å². The summed E-state index contributed by atoms with van der Waals surface area (Å²) in [7, 11) is 0. The van der Waals surface area contributed by atoms with Gasteiger partial charge in [-0.3, -0.25) is 8.70 Å². The second-order valence-electron chi connectivity index (χ2n) is 5.74. The second kappa shape index (κ2) is 7.57. The van der Waals surface area contributed by atoms with Crippen molar-refractivity contribution < 1.29 is 23.5 Å². The Morgan fingerprint density at radius 1 is 1.27 bits per heavy atom. The summed E-state index contributed by atoms with van der Waals surface area (Å²) >= 11 is 1.17. The number of unbranched alkanes of at least 4 members (excludes halogenated alkanes) is 1. The number of rotatable bonds is 6. The summed E-state index contributed by atoms with van der Waals surface area (Å²) in [5.74, 6) is 0.232. The Morgan fingerprint density at radius 2 is 1.91 bits per heavy atom. The highest BCUT2D eigenvalue weighted by molar-refractivity contribution is 7.98. The number of alkyl halides is 1. The minimum Gasteiger partial charge on any atom is -0.429 e. The maximum absolute atomic E-state index is 12.3. The molecule has 0 bridgehead atoms. The molecule has 0 spiro atoms. The van der Waals surface area contributed by atoms with Gasteiger partial charge in [-0.15, -0.1) is 0 Å². The number of halogens is 1. The lowest BCUT2D eigenvalue weighted by Gasteiger charge is -2.33. The molecule has 1 aliphatic rings. The molecular weight excluding hydrogens is 313 g/mol. The monoisotopic (exact) mass is 335 g/mol. The van der Waals surface area contributed by atoms with Crippen LogP contribution in [0.3, 0.4) is 0 Å². The molecule has 1 heterocycles. The molecule has 1 rings (SSSR count). The number of nitrogens with two attached hydrogens (primary N) is 2. The molecule has 0 fully saturated rings. The van der Waals surface area contributed by atoms with Crippen LogP contribution < -0.4 is 11.5 Å². The Balaban J connectivity index is 3.12. The number of ether oxygens (including phenoxy) is 2. The molecule has 0 aromatic rings. The summed E-state index contributed by atoms with van der Waals surface area (Å²) in [5, 5.41) is 0. The minimum atomic E-state index is -0.965. The fourth-order valence-corrected chi connectivity index (χ4v) is 3.18. The van der Waals surface area contributed by atoms with Crippen molar-refractivity contribution in [1.29, 1.82) is 0 Å². The maximum atomic E-state index is 12.3. The van der Waals surface area contributed by atoms with Crippen LogP contribution in [0, 0.1) is 0 Å². The van der Waals surface area contributed by atoms with E-state index in [-0.39, 0.29) is 5.88 Å². The third-order valence-corrected chi connectivity index (χ3v) is 4.30. The van der Waals surface area contributed by atoms with Gasteiger partial charge in [0.25, 0.3) is 0 Å². The molecule has 2 amide bonds. The number of hydrogen-bond acceptors (Lipinski definition) is 6. The lowest BCUT2D eigenvalue weighted by molar-refractivity contribution is 0.143. The highest BCUT2D eigenvalue weighted by atomic mass is 32.2. The van der Waals surface area contributed by atoms with Crippen LogP contribution in [0.2, 0.25) is 0 Å². The number of carbonyl (C=O) groups excluding carboxylic acids is 2. The first-order chi connectivity index (χ1) is 10.2. The van der Waals surface area contributed by atoms with Gasteiger partial charge in [-0.05, 0) is 40.0 Å². The summed E-state index contributed by atoms with van der Waals surface area (Å²) < 4.78 is 24.2. The van der Waals surface area contributed by atoms with Crippen LogP contribution in [0.1, 0.15) is 40.0 Å². The first-order valence-corrected chi connectivity index (χ1v) is 7.70. The SMILES string of the molecule is CC(C)(C)N1SC(OC(N)=O)C(CCCCF)=C1OC(N)=O. The second-order valence-corrected chi connectivity index (χ2v) is 6.74. The molecule has 1 atom stereocenters. The predicted molar refractivity (Wildman–Crippen MR) is 81.2 cm³/mol. The van der Waals surface area contributed by atoms with Crippen LogP contribution in [0.5, 0.6) is 0 Å². The quantitative estimate of drug-likeness (QED) is 0.570. The van der Waals surface area contributed by atoms with E-state index in [4.69, 9.17) is 20.9 Å². The molecule has 0 aromatic carbocycles. The van der Waals surface area contributed by atoms with E-state index in [1.54, 1.807) is 4.31 Å². The first-order valence-electron chi connectivity index (χ1n) is 6.86. The number of amides is 2. The number of carbonyl (C=O) groups is 2. The molecule has 1 unspecified atom stereocenters. The van der Waals surface area contributed by atoms with E-state index in [2.05, 4.69) is 0 Å². The zero-order chi connectivity index (χ0) is 16.9. The van der Waals surface area contributed by atoms with Gasteiger partial charge in [0.1, 0.15) is 0 Å². The zero-order valence-electron chi connectivity index (χ0n) is 12.9. The van der Waals surface area contributed by atoms with E-state index in [9.17, 15) is 14.0 Å². The molecule has 0 saturated heterocycles. The van der Waals surface area contributed by atoms with Gasteiger partial charge in [0, 0.05) is 23.1 Å². The van der Waals surface area contributed by atoms with Crippen molar-refractivity contribution in [1.82, 2.24) is 4.31 Å². The van der Waals surface area contributed by atoms with E-state index in [0.29, 0.717) is 24.8 Å². The molecule has 9 heteroatoms. The Bertz CT molecular complexity index is 465. The fraction of sp³-hybridized carbons (Fsp3) is 0.692. The molecule has 22 heavy (non-hydrogen) atoms. The fourth-order valence-electron chi connectivity index (χ4n) is 1.94. The third kappa shape index (κ3) is 4.97. The Morgan fingerprint density at radius 3 is 2.36 bits per heavy atom. The average molecular weight is 335 g/mol. The van der Waals surface area contributed by atoms with Crippen molar-refractivity contribution in [2.75, 3.05) is 6.67 Å². The number of nitrogens with zero attached hydrogens (tertiary/aromatic N) is 1. The summed E-state index contributed by atoms with van der Waals surface area (Å²) in [6.45, 7) is 5.25. The smallest absolute Gasteiger partial charge is 0.411 e. The molecule has 0 saturated carbocycles. The Kier molecular flexibility index (Phi) is 6.34. The van der Waals surface area contributed by atoms with Crippen LogP contribution >= 0.6 is 11.9 Å². The zero-order valence-corrected chi connectivity index (χ0v) is 13.7. The van der Waals surface area contributed by atoms with Crippen molar-refractivity contribution in [3.05, 3.63) is 11.5 Å². The lowest BCUT2D eigenvalue weighted by Crippen LogP contribution is -2.36. The first kappa shape index (κ1) is 18.4. The highest BCUT2D eigenvalue weighted by Crippen LogP contribution is 2.45. The molecule has 0 aliphatic carbocycles. The number of hydrogen-bond donors (Lipinski definition) is 2. The highest BCUT2D eigenvalue weighted by Gasteiger charge is 2.42. The molecule has 4 N–H and O–H groups in total. The van der Waals surface area contributed by atoms with Crippen LogP contribution in [-0.2, 0) is 9.47 Å². The van der Waals surface area contributed by atoms with E-state index in [1.165, 1.54) is 11.9 Å². The van der Waals surface area contributed by atoms with Crippen molar-refractivity contribution >= 4 is 24.1 Å². The molecule has 0 radical (unpaired) electrons. The van der Waals surface area contributed by atoms with Gasteiger partial charge < -0.3 is 20.9 Å². The van der Waals surface area contributed by atoms with Crippen molar-refractivity contribution in [3.8, 4) is 0 Å². The van der Waals surface area contributed by atoms with Gasteiger partial charge in [-0.25, -0.2) is 9.59 Å². The summed E-state index contributed by atoms with van der Waals surface area (Å²) in [6, 6.07) is 0. The van der Waals surface area contributed by atoms with E-state index >= 15 is 0 Å². The molecule has 126 valence electrons. The topological polar surface area (TPSA) is 108 Å².